The first-order chi connectivity index (χ1) is 9.08. The number of fused-ring (bicyclic) bond motifs is 1. The monoisotopic (exact) mass is 387 g/mol. The molecule has 1 aromatic heterocycles. The number of hydrogen-bond acceptors (Lipinski definition) is 2. The van der Waals surface area contributed by atoms with E-state index in [9.17, 15) is 4.39 Å². The van der Waals surface area contributed by atoms with Crippen molar-refractivity contribution in [3.63, 3.8) is 0 Å². The summed E-state index contributed by atoms with van der Waals surface area (Å²) in [5.41, 5.74) is 8.18. The van der Waals surface area contributed by atoms with Crippen LogP contribution in [0.25, 0.3) is 16.7 Å². The summed E-state index contributed by atoms with van der Waals surface area (Å²) in [6, 6.07) is 9.99. The van der Waals surface area contributed by atoms with Crippen LogP contribution in [0.5, 0.6) is 0 Å². The number of nitrogen functional groups attached to an aromatic ring is 1. The zero-order valence-electron chi connectivity index (χ0n) is 9.57. The average molecular weight is 388 g/mol. The van der Waals surface area contributed by atoms with Gasteiger partial charge < -0.3 is 5.73 Å². The number of anilines is 1. The van der Waals surface area contributed by atoms with E-state index < -0.39 is 0 Å². The molecular weight excluding hydrogens is 380 g/mol. The molecule has 0 unspecified atom stereocenters. The Hall–Kier alpha value is -1.34. The van der Waals surface area contributed by atoms with Gasteiger partial charge in [-0.05, 0) is 52.9 Å². The maximum Gasteiger partial charge on any atom is 0.206 e. The molecule has 96 valence electrons. The quantitative estimate of drug-likeness (QED) is 0.641. The van der Waals surface area contributed by atoms with Crippen LogP contribution in [0, 0.1) is 9.39 Å². The van der Waals surface area contributed by atoms with E-state index in [1.807, 2.05) is 12.1 Å². The van der Waals surface area contributed by atoms with E-state index >= 15 is 0 Å². The average Bonchev–Trinajstić information content (AvgIpc) is 2.68. The Morgan fingerprint density at radius 3 is 2.79 bits per heavy atom. The van der Waals surface area contributed by atoms with Crippen LogP contribution in [0.15, 0.2) is 36.4 Å². The second-order valence-electron chi connectivity index (χ2n) is 4.01. The van der Waals surface area contributed by atoms with E-state index in [-0.39, 0.29) is 5.82 Å². The summed E-state index contributed by atoms with van der Waals surface area (Å²) in [5.74, 6) is 0.0433. The van der Waals surface area contributed by atoms with Crippen molar-refractivity contribution in [3.05, 3.63) is 50.8 Å². The molecule has 2 N–H and O–H groups in total. The molecule has 0 bridgehead atoms. The molecule has 1 heterocycles. The van der Waals surface area contributed by atoms with Crippen molar-refractivity contribution in [1.82, 2.24) is 9.55 Å². The minimum Gasteiger partial charge on any atom is -0.369 e. The van der Waals surface area contributed by atoms with Gasteiger partial charge >= 0.3 is 0 Å². The summed E-state index contributed by atoms with van der Waals surface area (Å²) in [5, 5.41) is 0.542. The van der Waals surface area contributed by atoms with Gasteiger partial charge in [-0.3, -0.25) is 4.57 Å². The fourth-order valence-electron chi connectivity index (χ4n) is 2.00. The highest BCUT2D eigenvalue weighted by Crippen LogP contribution is 2.30. The molecule has 0 aliphatic carbocycles. The second kappa shape index (κ2) is 4.64. The van der Waals surface area contributed by atoms with Crippen molar-refractivity contribution in [2.75, 3.05) is 5.73 Å². The molecular formula is C13H8ClFIN3. The zero-order chi connectivity index (χ0) is 13.6. The first kappa shape index (κ1) is 12.7. The van der Waals surface area contributed by atoms with Crippen molar-refractivity contribution < 1.29 is 4.39 Å². The number of rotatable bonds is 1. The van der Waals surface area contributed by atoms with Crippen molar-refractivity contribution in [2.45, 2.75) is 0 Å². The van der Waals surface area contributed by atoms with Crippen LogP contribution in [0.4, 0.5) is 10.3 Å². The van der Waals surface area contributed by atoms with Gasteiger partial charge in [0.1, 0.15) is 11.3 Å². The maximum atomic E-state index is 13.2. The number of imidazole rings is 1. The van der Waals surface area contributed by atoms with Crippen LogP contribution in [0.3, 0.4) is 0 Å². The smallest absolute Gasteiger partial charge is 0.206 e. The predicted molar refractivity (Wildman–Crippen MR) is 83.2 cm³/mol. The van der Waals surface area contributed by atoms with E-state index in [0.717, 1.165) is 14.8 Å². The van der Waals surface area contributed by atoms with Gasteiger partial charge in [-0.2, -0.15) is 0 Å². The fraction of sp³-hybridized carbons (Fsp3) is 0. The Bertz CT molecular complexity index is 785. The third-order valence-electron chi connectivity index (χ3n) is 2.81. The Kier molecular flexibility index (Phi) is 3.10. The molecule has 3 rings (SSSR count). The summed E-state index contributed by atoms with van der Waals surface area (Å²) >= 11 is 8.17. The molecule has 2 aromatic carbocycles. The van der Waals surface area contributed by atoms with Crippen molar-refractivity contribution in [1.29, 1.82) is 0 Å². The predicted octanol–water partition coefficient (Wildman–Crippen LogP) is 4.00. The summed E-state index contributed by atoms with van der Waals surface area (Å²) in [7, 11) is 0. The lowest BCUT2D eigenvalue weighted by molar-refractivity contribution is 0.626. The lowest BCUT2D eigenvalue weighted by Gasteiger charge is -2.09. The van der Waals surface area contributed by atoms with Gasteiger partial charge in [0.2, 0.25) is 5.95 Å². The Balaban J connectivity index is 2.36. The van der Waals surface area contributed by atoms with Crippen molar-refractivity contribution in [2.24, 2.45) is 0 Å². The number of benzene rings is 2. The number of hydrogen-bond donors (Lipinski definition) is 1. The summed E-state index contributed by atoms with van der Waals surface area (Å²) < 4.78 is 15.7. The number of para-hydroxylation sites is 1. The molecule has 3 aromatic rings. The van der Waals surface area contributed by atoms with Crippen LogP contribution < -0.4 is 5.73 Å². The highest BCUT2D eigenvalue weighted by Gasteiger charge is 2.14. The zero-order valence-corrected chi connectivity index (χ0v) is 12.5. The molecule has 6 heteroatoms. The maximum absolute atomic E-state index is 13.2. The van der Waals surface area contributed by atoms with Crippen LogP contribution >= 0.6 is 34.2 Å². The molecule has 0 fully saturated rings. The SMILES string of the molecule is Nc1nc2c(Cl)cccc2n1-c1ccc(F)cc1I. The standard InChI is InChI=1S/C13H8ClFIN3/c14-8-2-1-3-11-12(8)18-13(17)19(11)10-5-4-7(15)6-9(10)16/h1-6H,(H2,17,18). The summed E-state index contributed by atoms with van der Waals surface area (Å²) in [6.07, 6.45) is 0. The fourth-order valence-corrected chi connectivity index (χ4v) is 2.93. The highest BCUT2D eigenvalue weighted by molar-refractivity contribution is 14.1. The number of nitrogens with two attached hydrogens (primary N) is 1. The van der Waals surface area contributed by atoms with Crippen LogP contribution in [0.1, 0.15) is 0 Å². The van der Waals surface area contributed by atoms with Crippen molar-refractivity contribution in [3.8, 4) is 5.69 Å². The van der Waals surface area contributed by atoms with Gasteiger partial charge in [0, 0.05) is 3.57 Å². The topological polar surface area (TPSA) is 43.8 Å². The molecule has 0 atom stereocenters. The molecule has 0 saturated carbocycles. The number of halogens is 3. The number of nitrogens with zero attached hydrogens (tertiary/aromatic N) is 2. The molecule has 19 heavy (non-hydrogen) atoms. The van der Waals surface area contributed by atoms with Gasteiger partial charge in [0.05, 0.1) is 16.2 Å². The van der Waals surface area contributed by atoms with E-state index in [0.29, 0.717) is 16.5 Å². The van der Waals surface area contributed by atoms with E-state index in [4.69, 9.17) is 17.3 Å². The molecule has 0 aliphatic rings. The summed E-state index contributed by atoms with van der Waals surface area (Å²) in [4.78, 5) is 4.26. The molecule has 0 aliphatic heterocycles. The third-order valence-corrected chi connectivity index (χ3v) is 3.98. The highest BCUT2D eigenvalue weighted by atomic mass is 127. The van der Waals surface area contributed by atoms with Crippen LogP contribution in [-0.4, -0.2) is 9.55 Å². The Morgan fingerprint density at radius 1 is 1.26 bits per heavy atom. The molecule has 0 amide bonds. The normalized spacial score (nSPS) is 11.1. The third kappa shape index (κ3) is 2.06. The van der Waals surface area contributed by atoms with E-state index in [1.54, 1.807) is 16.7 Å². The minimum atomic E-state index is -0.283. The van der Waals surface area contributed by atoms with Gasteiger partial charge in [-0.15, -0.1) is 0 Å². The van der Waals surface area contributed by atoms with Gasteiger partial charge in [-0.25, -0.2) is 9.37 Å². The second-order valence-corrected chi connectivity index (χ2v) is 5.58. The van der Waals surface area contributed by atoms with Gasteiger partial charge in [0.25, 0.3) is 0 Å². The first-order valence-corrected chi connectivity index (χ1v) is 6.91. The lowest BCUT2D eigenvalue weighted by atomic mass is 10.2. The molecule has 0 saturated heterocycles. The lowest BCUT2D eigenvalue weighted by Crippen LogP contribution is -2.02. The van der Waals surface area contributed by atoms with Gasteiger partial charge in [0.15, 0.2) is 0 Å². The molecule has 0 spiro atoms. The van der Waals surface area contributed by atoms with E-state index in [2.05, 4.69) is 27.6 Å². The largest absolute Gasteiger partial charge is 0.369 e. The number of aromatic nitrogens is 2. The summed E-state index contributed by atoms with van der Waals surface area (Å²) in [6.45, 7) is 0. The minimum absolute atomic E-state index is 0.283. The van der Waals surface area contributed by atoms with Gasteiger partial charge in [-0.1, -0.05) is 17.7 Å². The first-order valence-electron chi connectivity index (χ1n) is 5.46. The Labute approximate surface area is 127 Å². The van der Waals surface area contributed by atoms with E-state index in [1.165, 1.54) is 12.1 Å². The Morgan fingerprint density at radius 2 is 2.05 bits per heavy atom. The van der Waals surface area contributed by atoms with Crippen molar-refractivity contribution >= 4 is 51.2 Å². The molecule has 3 nitrogen and oxygen atoms in total. The van der Waals surface area contributed by atoms with Crippen LogP contribution in [-0.2, 0) is 0 Å². The van der Waals surface area contributed by atoms with Crippen LogP contribution in [0.2, 0.25) is 5.02 Å². The molecule has 0 radical (unpaired) electrons.